The van der Waals surface area contributed by atoms with Gasteiger partial charge in [-0.2, -0.15) is 5.10 Å². The van der Waals surface area contributed by atoms with Gasteiger partial charge < -0.3 is 15.2 Å². The Bertz CT molecular complexity index is 962. The third-order valence-electron chi connectivity index (χ3n) is 5.70. The van der Waals surface area contributed by atoms with Crippen LogP contribution < -0.4 is 10.9 Å². The fourth-order valence-corrected chi connectivity index (χ4v) is 5.66. The number of aromatic hydroxyl groups is 1. The van der Waals surface area contributed by atoms with Crippen LogP contribution in [0.25, 0.3) is 0 Å². The summed E-state index contributed by atoms with van der Waals surface area (Å²) in [6, 6.07) is 5.42. The maximum Gasteiger partial charge on any atom is 0.287 e. The van der Waals surface area contributed by atoms with Crippen LogP contribution in [0, 0.1) is 5.92 Å². The molecule has 2 aromatic rings. The number of piperidine rings is 1. The van der Waals surface area contributed by atoms with E-state index in [1.807, 2.05) is 12.1 Å². The molecule has 2 aliphatic heterocycles. The molecule has 1 unspecified atom stereocenters. The zero-order valence-electron chi connectivity index (χ0n) is 17.1. The van der Waals surface area contributed by atoms with E-state index in [9.17, 15) is 9.90 Å². The van der Waals surface area contributed by atoms with Crippen LogP contribution in [0.3, 0.4) is 0 Å². The van der Waals surface area contributed by atoms with Crippen LogP contribution >= 0.6 is 39.5 Å². The van der Waals surface area contributed by atoms with Crippen molar-refractivity contribution in [1.29, 1.82) is 0 Å². The lowest BCUT2D eigenvalue weighted by atomic mass is 10.0. The molecule has 0 spiro atoms. The highest BCUT2D eigenvalue weighted by Gasteiger charge is 2.25. The van der Waals surface area contributed by atoms with Crippen molar-refractivity contribution in [2.75, 3.05) is 38.2 Å². The van der Waals surface area contributed by atoms with Crippen molar-refractivity contribution in [2.24, 2.45) is 5.92 Å². The highest BCUT2D eigenvalue weighted by molar-refractivity contribution is 9.10. The predicted molar refractivity (Wildman–Crippen MR) is 127 cm³/mol. The van der Waals surface area contributed by atoms with Crippen molar-refractivity contribution < 1.29 is 9.84 Å². The van der Waals surface area contributed by atoms with Crippen LogP contribution in [0.4, 0.5) is 5.69 Å². The quantitative estimate of drug-likeness (QED) is 0.532. The first-order valence-electron chi connectivity index (χ1n) is 10.5. The first kappa shape index (κ1) is 22.9. The molecule has 0 saturated carbocycles. The van der Waals surface area contributed by atoms with E-state index in [-0.39, 0.29) is 22.4 Å². The monoisotopic (exact) mass is 528 g/mol. The molecule has 2 N–H and O–H groups in total. The number of phenolic OH excluding ortho intramolecular Hbond substituents is 1. The van der Waals surface area contributed by atoms with Gasteiger partial charge in [0.15, 0.2) is 0 Å². The van der Waals surface area contributed by atoms with Gasteiger partial charge >= 0.3 is 0 Å². The van der Waals surface area contributed by atoms with E-state index in [1.165, 1.54) is 16.6 Å². The minimum Gasteiger partial charge on any atom is -0.507 e. The normalized spacial score (nSPS) is 20.6. The third-order valence-corrected chi connectivity index (χ3v) is 7.70. The molecule has 7 nitrogen and oxygen atoms in total. The predicted octanol–water partition coefficient (Wildman–Crippen LogP) is 4.55. The summed E-state index contributed by atoms with van der Waals surface area (Å²) in [6.07, 6.45) is 5.42. The fourth-order valence-electron chi connectivity index (χ4n) is 3.93. The second-order valence-corrected chi connectivity index (χ2v) is 10.4. The summed E-state index contributed by atoms with van der Waals surface area (Å²) in [5, 5.41) is 17.9. The van der Waals surface area contributed by atoms with E-state index in [0.29, 0.717) is 11.6 Å². The summed E-state index contributed by atoms with van der Waals surface area (Å²) >= 11 is 11.4. The summed E-state index contributed by atoms with van der Waals surface area (Å²) in [6.45, 7) is 3.87. The lowest BCUT2D eigenvalue weighted by Crippen LogP contribution is -2.36. The van der Waals surface area contributed by atoms with Crippen molar-refractivity contribution in [3.05, 3.63) is 44.2 Å². The van der Waals surface area contributed by atoms with Gasteiger partial charge in [-0.05, 0) is 61.7 Å². The van der Waals surface area contributed by atoms with Crippen molar-refractivity contribution in [2.45, 2.75) is 36.6 Å². The van der Waals surface area contributed by atoms with Gasteiger partial charge in [-0.1, -0.05) is 27.5 Å². The second-order valence-electron chi connectivity index (χ2n) is 7.95. The van der Waals surface area contributed by atoms with Gasteiger partial charge in [0.05, 0.1) is 29.4 Å². The Morgan fingerprint density at radius 1 is 1.32 bits per heavy atom. The smallest absolute Gasteiger partial charge is 0.287 e. The summed E-state index contributed by atoms with van der Waals surface area (Å²) in [4.78, 5) is 13.7. The highest BCUT2D eigenvalue weighted by Crippen LogP contribution is 2.36. The fraction of sp³-hybridized carbons (Fsp3) is 0.524. The molecule has 1 aromatic carbocycles. The van der Waals surface area contributed by atoms with Crippen LogP contribution in [-0.4, -0.2) is 52.0 Å². The maximum atomic E-state index is 12.8. The lowest BCUT2D eigenvalue weighted by Gasteiger charge is -2.31. The van der Waals surface area contributed by atoms with E-state index < -0.39 is 0 Å². The molecule has 2 fully saturated rings. The van der Waals surface area contributed by atoms with Crippen LogP contribution in [0.1, 0.15) is 31.7 Å². The average Bonchev–Trinajstić information content (AvgIpc) is 2.79. The molecular weight excluding hydrogens is 504 g/mol. The summed E-state index contributed by atoms with van der Waals surface area (Å²) in [5.41, 5.74) is 0.342. The first-order chi connectivity index (χ1) is 15.0. The van der Waals surface area contributed by atoms with Gasteiger partial charge in [-0.25, -0.2) is 8.99 Å². The lowest BCUT2D eigenvalue weighted by molar-refractivity contribution is 0.0595. The summed E-state index contributed by atoms with van der Waals surface area (Å²) in [5.74, 6) is 0.696. The number of nitrogens with zero attached hydrogens (tertiary/aromatic N) is 3. The number of hydrogen-bond acceptors (Lipinski definition) is 7. The van der Waals surface area contributed by atoms with E-state index in [4.69, 9.17) is 16.3 Å². The molecule has 168 valence electrons. The number of ether oxygens (including phenoxy) is 1. The zero-order chi connectivity index (χ0) is 21.8. The zero-order valence-corrected chi connectivity index (χ0v) is 20.3. The minimum atomic E-state index is -0.248. The number of anilines is 1. The highest BCUT2D eigenvalue weighted by atomic mass is 79.9. The molecule has 0 amide bonds. The molecule has 0 bridgehead atoms. The molecule has 3 heterocycles. The van der Waals surface area contributed by atoms with Crippen molar-refractivity contribution in [1.82, 2.24) is 14.1 Å². The largest absolute Gasteiger partial charge is 0.507 e. The molecule has 4 rings (SSSR count). The number of benzene rings is 1. The van der Waals surface area contributed by atoms with Crippen LogP contribution in [-0.2, 0) is 4.74 Å². The maximum absolute atomic E-state index is 12.8. The Labute approximate surface area is 199 Å². The van der Waals surface area contributed by atoms with E-state index >= 15 is 0 Å². The first-order valence-corrected chi connectivity index (χ1v) is 12.5. The number of aromatic nitrogens is 2. The molecule has 2 aliphatic rings. The van der Waals surface area contributed by atoms with E-state index in [2.05, 4.69) is 30.7 Å². The number of nitrogens with one attached hydrogen (secondary N) is 1. The number of phenols is 1. The van der Waals surface area contributed by atoms with E-state index in [0.717, 1.165) is 67.9 Å². The van der Waals surface area contributed by atoms with Gasteiger partial charge in [-0.3, -0.25) is 4.79 Å². The summed E-state index contributed by atoms with van der Waals surface area (Å²) in [7, 11) is 0. The minimum absolute atomic E-state index is 0.0127. The van der Waals surface area contributed by atoms with Crippen molar-refractivity contribution >= 4 is 45.2 Å². The molecule has 0 aliphatic carbocycles. The van der Waals surface area contributed by atoms with Gasteiger partial charge in [0.1, 0.15) is 10.8 Å². The molecule has 1 aromatic heterocycles. The average molecular weight is 530 g/mol. The molecule has 0 radical (unpaired) electrons. The number of halogens is 2. The molecular formula is C21H26BrClN4O3S. The second kappa shape index (κ2) is 10.6. The van der Waals surface area contributed by atoms with Gasteiger partial charge in [0.25, 0.3) is 5.56 Å². The van der Waals surface area contributed by atoms with Gasteiger partial charge in [0, 0.05) is 30.7 Å². The molecule has 1 atom stereocenters. The Hall–Kier alpha value is -1.26. The summed E-state index contributed by atoms with van der Waals surface area (Å²) < 4.78 is 10.2. The van der Waals surface area contributed by atoms with Crippen LogP contribution in [0.2, 0.25) is 5.02 Å². The molecule has 31 heavy (non-hydrogen) atoms. The van der Waals surface area contributed by atoms with Gasteiger partial charge in [-0.15, -0.1) is 0 Å². The van der Waals surface area contributed by atoms with Crippen LogP contribution in [0.5, 0.6) is 5.75 Å². The standard InChI is InChI=1S/C21H26BrClN4O3S/c22-15-3-4-18(28)19(10-15)31-26-7-5-16(6-8-26)27-21(29)20(23)17(12-25-27)24-11-14-2-1-9-30-13-14/h3-4,10,12,14,16,24,28H,1-2,5-9,11,13H2. The molecule has 10 heteroatoms. The number of hydrogen-bond donors (Lipinski definition) is 2. The Morgan fingerprint density at radius 2 is 2.13 bits per heavy atom. The Balaban J connectivity index is 1.35. The van der Waals surface area contributed by atoms with Crippen LogP contribution in [0.15, 0.2) is 38.6 Å². The Morgan fingerprint density at radius 3 is 2.87 bits per heavy atom. The Kier molecular flexibility index (Phi) is 7.81. The van der Waals surface area contributed by atoms with Crippen molar-refractivity contribution in [3.63, 3.8) is 0 Å². The third kappa shape index (κ3) is 5.76. The topological polar surface area (TPSA) is 79.6 Å². The van der Waals surface area contributed by atoms with Gasteiger partial charge in [0.2, 0.25) is 0 Å². The van der Waals surface area contributed by atoms with E-state index in [1.54, 1.807) is 12.3 Å². The van der Waals surface area contributed by atoms with Crippen molar-refractivity contribution in [3.8, 4) is 5.75 Å². The molecule has 2 saturated heterocycles. The SMILES string of the molecule is O=c1c(Cl)c(NCC2CCCOC2)cnn1C1CCN(Sc2cc(Br)ccc2O)CC1. The number of rotatable bonds is 6.